The molecule has 0 bridgehead atoms. The third-order valence-corrected chi connectivity index (χ3v) is 2.05. The van der Waals surface area contributed by atoms with Gasteiger partial charge in [0.2, 0.25) is 5.91 Å². The third-order valence-electron chi connectivity index (χ3n) is 2.05. The zero-order valence-electron chi connectivity index (χ0n) is 9.74. The summed E-state index contributed by atoms with van der Waals surface area (Å²) in [6.45, 7) is 0.209. The predicted octanol–water partition coefficient (Wildman–Crippen LogP) is 1.75. The van der Waals surface area contributed by atoms with E-state index in [2.05, 4.69) is 21.9 Å². The molecule has 2 N–H and O–H groups in total. The Hall–Kier alpha value is -3.04. The van der Waals surface area contributed by atoms with Gasteiger partial charge < -0.3 is 5.73 Å². The number of carbonyl (C=O) groups is 1. The highest BCUT2D eigenvalue weighted by Crippen LogP contribution is 2.16. The first kappa shape index (κ1) is 14.0. The fourth-order valence-corrected chi connectivity index (χ4v) is 1.25. The van der Waals surface area contributed by atoms with Crippen LogP contribution in [0, 0.1) is 22.0 Å². The van der Waals surface area contributed by atoms with Crippen LogP contribution in [0.15, 0.2) is 23.3 Å². The summed E-state index contributed by atoms with van der Waals surface area (Å²) >= 11 is 0. The maximum atomic E-state index is 11.0. The smallest absolute Gasteiger partial charge is 0.271 e. The van der Waals surface area contributed by atoms with Crippen LogP contribution in [0.1, 0.15) is 22.3 Å². The Morgan fingerprint density at radius 3 is 2.84 bits per heavy atom. The summed E-state index contributed by atoms with van der Waals surface area (Å²) in [6.07, 6.45) is 0.318. The summed E-state index contributed by atoms with van der Waals surface area (Å²) in [5.74, 6) is 4.56. The van der Waals surface area contributed by atoms with Gasteiger partial charge in [-0.3, -0.25) is 14.9 Å². The molecular formula is C11H9N5O3. The lowest BCUT2D eigenvalue weighted by atomic mass is 10.1. The van der Waals surface area contributed by atoms with Crippen molar-refractivity contribution in [3.8, 4) is 11.8 Å². The summed E-state index contributed by atoms with van der Waals surface area (Å²) < 4.78 is 0. The Labute approximate surface area is 108 Å². The second-order valence-corrected chi connectivity index (χ2v) is 3.40. The highest BCUT2D eigenvalue weighted by Gasteiger charge is 2.11. The Morgan fingerprint density at radius 2 is 2.26 bits per heavy atom. The molecule has 0 saturated carbocycles. The topological polar surface area (TPSA) is 135 Å². The molecule has 0 aromatic heterocycles. The molecule has 0 aliphatic rings. The monoisotopic (exact) mass is 259 g/mol. The van der Waals surface area contributed by atoms with Crippen molar-refractivity contribution in [2.45, 2.75) is 6.42 Å². The number of benzene rings is 1. The molecule has 0 unspecified atom stereocenters. The van der Waals surface area contributed by atoms with E-state index in [1.807, 2.05) is 0 Å². The number of primary amides is 1. The van der Waals surface area contributed by atoms with Gasteiger partial charge in [0.05, 0.1) is 4.92 Å². The van der Waals surface area contributed by atoms with Crippen LogP contribution in [-0.2, 0) is 0 Å². The predicted molar refractivity (Wildman–Crippen MR) is 67.1 cm³/mol. The number of nitrogens with zero attached hydrogens (tertiary/aromatic N) is 4. The van der Waals surface area contributed by atoms with Crippen molar-refractivity contribution < 1.29 is 9.72 Å². The molecule has 8 heteroatoms. The number of hydrogen-bond acceptors (Lipinski definition) is 4. The summed E-state index contributed by atoms with van der Waals surface area (Å²) in [7, 11) is 0. The van der Waals surface area contributed by atoms with Gasteiger partial charge in [-0.05, 0) is 11.6 Å². The fraction of sp³-hybridized carbons (Fsp3) is 0.182. The first-order valence-electron chi connectivity index (χ1n) is 5.13. The van der Waals surface area contributed by atoms with Gasteiger partial charge in [0.25, 0.3) is 5.69 Å². The Bertz CT molecular complexity index is 591. The zero-order chi connectivity index (χ0) is 14.3. The number of rotatable bonds is 4. The second-order valence-electron chi connectivity index (χ2n) is 3.40. The molecule has 1 rings (SSSR count). The molecule has 1 amide bonds. The van der Waals surface area contributed by atoms with E-state index in [-0.39, 0.29) is 17.8 Å². The zero-order valence-corrected chi connectivity index (χ0v) is 9.74. The molecule has 0 heterocycles. The standard InChI is InChI=1S/C11H9N5O3/c12-11(17)9-5-8(3-1-2-4-14-15-13)6-10(7-9)16(18)19/h5-7H,2,4H2,(H2,12,17). The van der Waals surface area contributed by atoms with Crippen LogP contribution in [0.3, 0.4) is 0 Å². The maximum Gasteiger partial charge on any atom is 0.271 e. The van der Waals surface area contributed by atoms with E-state index in [4.69, 9.17) is 11.3 Å². The molecular weight excluding hydrogens is 250 g/mol. The van der Waals surface area contributed by atoms with Crippen LogP contribution >= 0.6 is 0 Å². The molecule has 1 aromatic rings. The van der Waals surface area contributed by atoms with Crippen molar-refractivity contribution in [2.24, 2.45) is 10.8 Å². The molecule has 8 nitrogen and oxygen atoms in total. The highest BCUT2D eigenvalue weighted by atomic mass is 16.6. The minimum atomic E-state index is -0.763. The van der Waals surface area contributed by atoms with Crippen LogP contribution in [0.5, 0.6) is 0 Å². The Kier molecular flexibility index (Phi) is 4.90. The summed E-state index contributed by atoms with van der Waals surface area (Å²) in [6, 6.07) is 3.70. The molecule has 0 saturated heterocycles. The van der Waals surface area contributed by atoms with Crippen LogP contribution in [0.25, 0.3) is 10.4 Å². The lowest BCUT2D eigenvalue weighted by molar-refractivity contribution is -0.384. The molecule has 0 aliphatic carbocycles. The fourth-order valence-electron chi connectivity index (χ4n) is 1.25. The number of amides is 1. The lowest BCUT2D eigenvalue weighted by Crippen LogP contribution is -2.11. The molecule has 0 fully saturated rings. The number of non-ortho nitro benzene ring substituents is 1. The number of nitro benzene ring substituents is 1. The Balaban J connectivity index is 3.02. The van der Waals surface area contributed by atoms with Gasteiger partial charge in [-0.15, -0.1) is 0 Å². The van der Waals surface area contributed by atoms with Crippen molar-refractivity contribution in [1.29, 1.82) is 0 Å². The maximum absolute atomic E-state index is 11.0. The average Bonchev–Trinajstić information content (AvgIpc) is 2.38. The van der Waals surface area contributed by atoms with Gasteiger partial charge in [-0.25, -0.2) is 0 Å². The van der Waals surface area contributed by atoms with Gasteiger partial charge in [0, 0.05) is 41.1 Å². The largest absolute Gasteiger partial charge is 0.366 e. The van der Waals surface area contributed by atoms with Crippen LogP contribution < -0.4 is 5.73 Å². The van der Waals surface area contributed by atoms with Gasteiger partial charge in [0.1, 0.15) is 0 Å². The first-order valence-corrected chi connectivity index (χ1v) is 5.13. The number of azide groups is 1. The number of nitro groups is 1. The van der Waals surface area contributed by atoms with E-state index in [0.717, 1.165) is 6.07 Å². The van der Waals surface area contributed by atoms with Crippen molar-refractivity contribution in [3.05, 3.63) is 49.9 Å². The molecule has 1 aromatic carbocycles. The van der Waals surface area contributed by atoms with Crippen molar-refractivity contribution in [2.75, 3.05) is 6.54 Å². The van der Waals surface area contributed by atoms with E-state index in [1.165, 1.54) is 12.1 Å². The molecule has 0 atom stereocenters. The first-order chi connectivity index (χ1) is 9.04. The number of hydrogen-bond donors (Lipinski definition) is 1. The van der Waals surface area contributed by atoms with E-state index in [0.29, 0.717) is 12.0 Å². The Morgan fingerprint density at radius 1 is 1.53 bits per heavy atom. The molecule has 19 heavy (non-hydrogen) atoms. The van der Waals surface area contributed by atoms with E-state index in [9.17, 15) is 14.9 Å². The van der Waals surface area contributed by atoms with Crippen molar-refractivity contribution in [1.82, 2.24) is 0 Å². The van der Waals surface area contributed by atoms with Crippen LogP contribution in [0.2, 0.25) is 0 Å². The number of nitrogens with two attached hydrogens (primary N) is 1. The third kappa shape index (κ3) is 4.38. The van der Waals surface area contributed by atoms with Gasteiger partial charge in [0.15, 0.2) is 0 Å². The van der Waals surface area contributed by atoms with E-state index < -0.39 is 10.8 Å². The SMILES string of the molecule is [N-]=[N+]=NCCC#Cc1cc(C(N)=O)cc([N+](=O)[O-])c1. The summed E-state index contributed by atoms with van der Waals surface area (Å²) in [5.41, 5.74) is 13.2. The molecule has 0 spiro atoms. The second kappa shape index (κ2) is 6.64. The molecule has 0 radical (unpaired) electrons. The quantitative estimate of drug-likeness (QED) is 0.168. The van der Waals surface area contributed by atoms with E-state index in [1.54, 1.807) is 0 Å². The van der Waals surface area contributed by atoms with Crippen LogP contribution in [-0.4, -0.2) is 17.4 Å². The lowest BCUT2D eigenvalue weighted by Gasteiger charge is -1.98. The normalized spacial score (nSPS) is 8.84. The summed E-state index contributed by atoms with van der Waals surface area (Å²) in [4.78, 5) is 23.7. The minimum absolute atomic E-state index is 0.0218. The van der Waals surface area contributed by atoms with Gasteiger partial charge in [-0.1, -0.05) is 17.0 Å². The van der Waals surface area contributed by atoms with Crippen molar-refractivity contribution in [3.63, 3.8) is 0 Å². The van der Waals surface area contributed by atoms with E-state index >= 15 is 0 Å². The molecule has 96 valence electrons. The van der Waals surface area contributed by atoms with Crippen LogP contribution in [0.4, 0.5) is 5.69 Å². The highest BCUT2D eigenvalue weighted by molar-refractivity contribution is 5.93. The number of carbonyl (C=O) groups excluding carboxylic acids is 1. The van der Waals surface area contributed by atoms with Gasteiger partial charge >= 0.3 is 0 Å². The van der Waals surface area contributed by atoms with Gasteiger partial charge in [-0.2, -0.15) is 0 Å². The molecule has 0 aliphatic heterocycles. The summed E-state index contributed by atoms with van der Waals surface area (Å²) in [5, 5.41) is 14.0. The van der Waals surface area contributed by atoms with Crippen molar-refractivity contribution >= 4 is 11.6 Å². The minimum Gasteiger partial charge on any atom is -0.366 e. The average molecular weight is 259 g/mol.